The molecule has 0 aromatic heterocycles. The minimum atomic E-state index is -0.508. The van der Waals surface area contributed by atoms with Gasteiger partial charge in [-0.25, -0.2) is 0 Å². The van der Waals surface area contributed by atoms with Crippen molar-refractivity contribution >= 4 is 17.1 Å². The maximum absolute atomic E-state index is 11.2. The van der Waals surface area contributed by atoms with E-state index in [1.807, 2.05) is 74.5 Å². The summed E-state index contributed by atoms with van der Waals surface area (Å²) in [5, 5.41) is 57.7. The average Bonchev–Trinajstić information content (AvgIpc) is 3.34. The van der Waals surface area contributed by atoms with Crippen LogP contribution in [0.1, 0.15) is 48.1 Å². The van der Waals surface area contributed by atoms with E-state index < -0.39 is 9.85 Å². The zero-order valence-electron chi connectivity index (χ0n) is 36.9. The van der Waals surface area contributed by atoms with Crippen molar-refractivity contribution in [1.29, 1.82) is 10.5 Å². The van der Waals surface area contributed by atoms with Crippen LogP contribution < -0.4 is 39.1 Å². The number of nitro groups is 3. The number of nitro benzene ring substituents is 3. The van der Waals surface area contributed by atoms with Gasteiger partial charge >= 0.3 is 0 Å². The lowest BCUT2D eigenvalue weighted by Gasteiger charge is -2.28. The van der Waals surface area contributed by atoms with Gasteiger partial charge < -0.3 is 39.1 Å². The van der Waals surface area contributed by atoms with Gasteiger partial charge in [0, 0.05) is 44.4 Å². The summed E-state index contributed by atoms with van der Waals surface area (Å²) in [6, 6.07) is 32.7. The first-order valence-electron chi connectivity index (χ1n) is 21.6. The lowest BCUT2D eigenvalue weighted by molar-refractivity contribution is -0.385. The van der Waals surface area contributed by atoms with Crippen molar-refractivity contribution in [2.75, 3.05) is 32.9 Å². The summed E-state index contributed by atoms with van der Waals surface area (Å²) in [5.41, 5.74) is 3.34. The molecule has 0 bridgehead atoms. The zero-order chi connectivity index (χ0) is 47.7. The summed E-state index contributed by atoms with van der Waals surface area (Å²) in [7, 11) is 0. The standard InChI is InChI=1S/C18H17N3O4.C18H20N2O4.C12H12N2O4/c19-9-8-15-16(21(22)23)6-7-17-18(15)25-14(12-24-17)11-20-10-13-4-2-1-3-5-13;1-2-15-16(20(21)22)8-9-17-18(15)24-14(12-23-17)11-19-10-13-6-4-3-5-7-13;1-2-8-7-17-11-4-3-10(14(15)16)9(5-6-13)12(11)18-8/h1-7,14,20H,8,10-12H2;3-9,14,19H,2,10-12H2,1H3;3-4,8H,2,5,7H2,1H3. The second-order valence-electron chi connectivity index (χ2n) is 15.3. The first-order chi connectivity index (χ1) is 32.5. The molecule has 5 aromatic rings. The average molecular weight is 916 g/mol. The first-order valence-corrected chi connectivity index (χ1v) is 21.6. The number of rotatable bonds is 15. The van der Waals surface area contributed by atoms with Crippen LogP contribution in [0.2, 0.25) is 0 Å². The number of ether oxygens (including phenoxy) is 6. The molecule has 19 nitrogen and oxygen atoms in total. The summed E-state index contributed by atoms with van der Waals surface area (Å²) < 4.78 is 34.5. The van der Waals surface area contributed by atoms with Crippen molar-refractivity contribution < 1.29 is 43.2 Å². The number of hydrogen-bond donors (Lipinski definition) is 2. The number of nitrogens with one attached hydrogen (secondary N) is 2. The quantitative estimate of drug-likeness (QED) is 0.0747. The molecule has 3 atom stereocenters. The van der Waals surface area contributed by atoms with Gasteiger partial charge in [0.15, 0.2) is 34.5 Å². The predicted molar refractivity (Wildman–Crippen MR) is 244 cm³/mol. The third-order valence-corrected chi connectivity index (χ3v) is 10.7. The second kappa shape index (κ2) is 23.8. The van der Waals surface area contributed by atoms with Crippen molar-refractivity contribution in [3.8, 4) is 46.6 Å². The minimum Gasteiger partial charge on any atom is -0.486 e. The fourth-order valence-corrected chi connectivity index (χ4v) is 7.37. The lowest BCUT2D eigenvalue weighted by atomic mass is 10.1. The first kappa shape index (κ1) is 48.5. The van der Waals surface area contributed by atoms with Crippen molar-refractivity contribution in [3.63, 3.8) is 0 Å². The van der Waals surface area contributed by atoms with Gasteiger partial charge in [0.1, 0.15) is 38.1 Å². The topological polar surface area (TPSA) is 256 Å². The molecule has 348 valence electrons. The van der Waals surface area contributed by atoms with Gasteiger partial charge in [-0.1, -0.05) is 74.5 Å². The summed E-state index contributed by atoms with van der Waals surface area (Å²) >= 11 is 0. The largest absolute Gasteiger partial charge is 0.486 e. The molecule has 3 aliphatic heterocycles. The molecule has 3 aliphatic rings. The Hall–Kier alpha value is -8.00. The number of benzene rings is 5. The predicted octanol–water partition coefficient (Wildman–Crippen LogP) is 7.89. The van der Waals surface area contributed by atoms with Crippen LogP contribution in [0, 0.1) is 53.0 Å². The zero-order valence-corrected chi connectivity index (χ0v) is 36.9. The van der Waals surface area contributed by atoms with Gasteiger partial charge in [0.25, 0.3) is 17.1 Å². The lowest BCUT2D eigenvalue weighted by Crippen LogP contribution is -2.38. The van der Waals surface area contributed by atoms with Crippen LogP contribution in [0.4, 0.5) is 17.1 Å². The number of fused-ring (bicyclic) bond motifs is 3. The summed E-state index contributed by atoms with van der Waals surface area (Å²) in [6.45, 7) is 7.59. The van der Waals surface area contributed by atoms with E-state index in [0.717, 1.165) is 18.5 Å². The van der Waals surface area contributed by atoms with Gasteiger partial charge in [-0.3, -0.25) is 30.3 Å². The number of hydrogen-bond acceptors (Lipinski definition) is 16. The van der Waals surface area contributed by atoms with Crippen LogP contribution in [0.25, 0.3) is 0 Å². The van der Waals surface area contributed by atoms with Crippen LogP contribution in [0.15, 0.2) is 97.1 Å². The van der Waals surface area contributed by atoms with Gasteiger partial charge in [0.2, 0.25) is 0 Å². The highest BCUT2D eigenvalue weighted by Crippen LogP contribution is 2.43. The molecule has 67 heavy (non-hydrogen) atoms. The molecule has 0 radical (unpaired) electrons. The normalized spacial score (nSPS) is 16.0. The highest BCUT2D eigenvalue weighted by Gasteiger charge is 2.31. The molecular weight excluding hydrogens is 867 g/mol. The Morgan fingerprint density at radius 2 is 0.896 bits per heavy atom. The Morgan fingerprint density at radius 1 is 0.537 bits per heavy atom. The third-order valence-electron chi connectivity index (χ3n) is 10.7. The van der Waals surface area contributed by atoms with E-state index in [-0.39, 0.29) is 64.3 Å². The number of nitriles is 2. The van der Waals surface area contributed by atoms with E-state index in [1.54, 1.807) is 6.07 Å². The van der Waals surface area contributed by atoms with Crippen LogP contribution >= 0.6 is 0 Å². The Balaban J connectivity index is 0.000000168. The minimum absolute atomic E-state index is 0.0702. The molecule has 8 rings (SSSR count). The highest BCUT2D eigenvalue weighted by atomic mass is 16.6. The summed E-state index contributed by atoms with van der Waals surface area (Å²) in [5.74, 6) is 2.63. The fraction of sp³-hybridized carbons (Fsp3) is 0.333. The Morgan fingerprint density at radius 3 is 1.25 bits per heavy atom. The molecule has 3 unspecified atom stereocenters. The smallest absolute Gasteiger partial charge is 0.277 e. The molecule has 0 saturated heterocycles. The molecular formula is C48H49N7O12. The maximum atomic E-state index is 11.2. The molecule has 0 fully saturated rings. The van der Waals surface area contributed by atoms with Crippen molar-refractivity contribution in [1.82, 2.24) is 10.6 Å². The van der Waals surface area contributed by atoms with E-state index >= 15 is 0 Å². The molecule has 2 N–H and O–H groups in total. The summed E-state index contributed by atoms with van der Waals surface area (Å²) in [6.07, 6.45) is 0.508. The van der Waals surface area contributed by atoms with E-state index in [0.29, 0.717) is 85.9 Å². The van der Waals surface area contributed by atoms with Gasteiger partial charge in [0.05, 0.1) is 56.4 Å². The van der Waals surface area contributed by atoms with Gasteiger partial charge in [-0.15, -0.1) is 0 Å². The monoisotopic (exact) mass is 915 g/mol. The maximum Gasteiger partial charge on any atom is 0.277 e. The fourth-order valence-electron chi connectivity index (χ4n) is 7.37. The van der Waals surface area contributed by atoms with E-state index in [9.17, 15) is 30.3 Å². The van der Waals surface area contributed by atoms with Crippen molar-refractivity contribution in [2.45, 2.75) is 70.9 Å². The molecule has 0 saturated carbocycles. The molecule has 0 aliphatic carbocycles. The molecule has 19 heteroatoms. The van der Waals surface area contributed by atoms with Crippen LogP contribution in [-0.4, -0.2) is 66.0 Å². The molecule has 0 spiro atoms. The van der Waals surface area contributed by atoms with Crippen LogP contribution in [-0.2, 0) is 32.4 Å². The third kappa shape index (κ3) is 12.6. The molecule has 5 aromatic carbocycles. The SMILES string of the molecule is CCC1COc2ccc([N+](=O)[O-])c(CC#N)c2O1.CCc1c([N+](=O)[O-])ccc2c1OC(CNCc1ccccc1)CO2.N#CCc1c([N+](=O)[O-])ccc2c1OC(CNCc1ccccc1)CO2. The van der Waals surface area contributed by atoms with E-state index in [1.165, 1.54) is 35.9 Å². The van der Waals surface area contributed by atoms with E-state index in [2.05, 4.69) is 22.8 Å². The van der Waals surface area contributed by atoms with E-state index in [4.69, 9.17) is 38.9 Å². The highest BCUT2D eigenvalue weighted by molar-refractivity contribution is 5.60. The van der Waals surface area contributed by atoms with Crippen LogP contribution in [0.5, 0.6) is 34.5 Å². The van der Waals surface area contributed by atoms with Crippen molar-refractivity contribution in [2.24, 2.45) is 0 Å². The Labute approximate surface area is 386 Å². The van der Waals surface area contributed by atoms with Gasteiger partial charge in [-0.05, 0) is 42.2 Å². The Bertz CT molecular complexity index is 2600. The number of nitrogens with zero attached hydrogens (tertiary/aromatic N) is 5. The van der Waals surface area contributed by atoms with Crippen molar-refractivity contribution in [3.05, 3.63) is 155 Å². The Kier molecular flexibility index (Phi) is 17.2. The molecule has 3 heterocycles. The van der Waals surface area contributed by atoms with Gasteiger partial charge in [-0.2, -0.15) is 10.5 Å². The summed E-state index contributed by atoms with van der Waals surface area (Å²) in [4.78, 5) is 31.9. The second-order valence-corrected chi connectivity index (χ2v) is 15.3. The van der Waals surface area contributed by atoms with Crippen LogP contribution in [0.3, 0.4) is 0 Å². The molecule has 0 amide bonds.